The van der Waals surface area contributed by atoms with Gasteiger partial charge in [0.2, 0.25) is 0 Å². The maximum Gasteiger partial charge on any atom is 0.119 e. The van der Waals surface area contributed by atoms with E-state index in [-0.39, 0.29) is 11.5 Å². The summed E-state index contributed by atoms with van der Waals surface area (Å²) in [6.45, 7) is 9.26. The van der Waals surface area contributed by atoms with Gasteiger partial charge in [-0.3, -0.25) is 0 Å². The largest absolute Gasteiger partial charge is 0.494 e. The number of aliphatic hydroxyl groups is 1. The van der Waals surface area contributed by atoms with E-state index in [0.717, 1.165) is 31.6 Å². The minimum atomic E-state index is -0.257. The average Bonchev–Trinajstić information content (AvgIpc) is 2.44. The summed E-state index contributed by atoms with van der Waals surface area (Å²) >= 11 is 0. The number of rotatable bonds is 9. The van der Waals surface area contributed by atoms with Crippen LogP contribution in [0.25, 0.3) is 0 Å². The van der Waals surface area contributed by atoms with Crippen molar-refractivity contribution in [2.24, 2.45) is 5.41 Å². The Bertz CT molecular complexity index is 376. The maximum atomic E-state index is 10.1. The van der Waals surface area contributed by atoms with E-state index >= 15 is 0 Å². The fraction of sp³-hybridized carbons (Fsp3) is 0.684. The predicted molar refractivity (Wildman–Crippen MR) is 89.9 cm³/mol. The van der Waals surface area contributed by atoms with Gasteiger partial charge in [0, 0.05) is 0 Å². The average molecular weight is 292 g/mol. The maximum absolute atomic E-state index is 10.1. The molecule has 0 radical (unpaired) electrons. The number of ether oxygens (including phenoxy) is 1. The van der Waals surface area contributed by atoms with Gasteiger partial charge in [0.1, 0.15) is 5.75 Å². The lowest BCUT2D eigenvalue weighted by Crippen LogP contribution is -2.26. The molecule has 1 N–H and O–H groups in total. The molecule has 1 unspecified atom stereocenters. The van der Waals surface area contributed by atoms with E-state index in [9.17, 15) is 5.11 Å². The zero-order valence-electron chi connectivity index (χ0n) is 14.2. The van der Waals surface area contributed by atoms with Crippen LogP contribution in [0, 0.1) is 5.41 Å². The Morgan fingerprint density at radius 2 is 1.71 bits per heavy atom. The first-order valence-electron chi connectivity index (χ1n) is 8.33. The zero-order chi connectivity index (χ0) is 15.7. The first-order chi connectivity index (χ1) is 9.93. The molecule has 0 aliphatic heterocycles. The molecule has 0 aromatic heterocycles. The van der Waals surface area contributed by atoms with E-state index in [1.165, 1.54) is 24.8 Å². The second-order valence-corrected chi connectivity index (χ2v) is 6.97. The van der Waals surface area contributed by atoms with Crippen molar-refractivity contribution in [1.29, 1.82) is 0 Å². The van der Waals surface area contributed by atoms with Gasteiger partial charge in [0.15, 0.2) is 0 Å². The third-order valence-corrected chi connectivity index (χ3v) is 3.90. The van der Waals surface area contributed by atoms with Crippen molar-refractivity contribution >= 4 is 0 Å². The Morgan fingerprint density at radius 1 is 1.05 bits per heavy atom. The topological polar surface area (TPSA) is 29.5 Å². The van der Waals surface area contributed by atoms with Crippen LogP contribution in [0.15, 0.2) is 24.3 Å². The third-order valence-electron chi connectivity index (χ3n) is 3.90. The Balaban J connectivity index is 2.30. The van der Waals surface area contributed by atoms with E-state index in [1.54, 1.807) is 0 Å². The molecule has 120 valence electrons. The lowest BCUT2D eigenvalue weighted by Gasteiger charge is -2.25. The van der Waals surface area contributed by atoms with Crippen molar-refractivity contribution < 1.29 is 9.84 Å². The highest BCUT2D eigenvalue weighted by Gasteiger charge is 2.21. The molecular formula is C19H32O2. The first-order valence-corrected chi connectivity index (χ1v) is 8.33. The van der Waals surface area contributed by atoms with E-state index in [4.69, 9.17) is 4.74 Å². The molecule has 1 atom stereocenters. The fourth-order valence-electron chi connectivity index (χ4n) is 2.21. The molecule has 0 amide bonds. The summed E-state index contributed by atoms with van der Waals surface area (Å²) in [7, 11) is 0. The highest BCUT2D eigenvalue weighted by Crippen LogP contribution is 2.23. The van der Waals surface area contributed by atoms with Crippen LogP contribution in [0.2, 0.25) is 0 Å². The number of benzene rings is 1. The normalized spacial score (nSPS) is 13.2. The van der Waals surface area contributed by atoms with Gasteiger partial charge in [-0.15, -0.1) is 0 Å². The molecule has 0 aliphatic carbocycles. The lowest BCUT2D eigenvalue weighted by molar-refractivity contribution is 0.0560. The SMILES string of the molecule is CCCCCCOc1ccc(CCC(O)C(C)(C)C)cc1. The third kappa shape index (κ3) is 7.52. The molecule has 1 aromatic rings. The summed E-state index contributed by atoms with van der Waals surface area (Å²) in [6, 6.07) is 8.30. The second kappa shape index (κ2) is 9.09. The van der Waals surface area contributed by atoms with Crippen molar-refractivity contribution in [3.05, 3.63) is 29.8 Å². The number of aliphatic hydroxyl groups excluding tert-OH is 1. The summed E-state index contributed by atoms with van der Waals surface area (Å²) in [5, 5.41) is 10.1. The summed E-state index contributed by atoms with van der Waals surface area (Å²) in [6.07, 6.45) is 6.39. The van der Waals surface area contributed by atoms with Crippen LogP contribution in [0.5, 0.6) is 5.75 Å². The second-order valence-electron chi connectivity index (χ2n) is 6.97. The fourth-order valence-corrected chi connectivity index (χ4v) is 2.21. The summed E-state index contributed by atoms with van der Waals surface area (Å²) in [5.74, 6) is 0.951. The van der Waals surface area contributed by atoms with Crippen LogP contribution in [-0.4, -0.2) is 17.8 Å². The monoisotopic (exact) mass is 292 g/mol. The van der Waals surface area contributed by atoms with Gasteiger partial charge in [0.05, 0.1) is 12.7 Å². The molecular weight excluding hydrogens is 260 g/mol. The van der Waals surface area contributed by atoms with Gasteiger partial charge in [-0.2, -0.15) is 0 Å². The number of unbranched alkanes of at least 4 members (excludes halogenated alkanes) is 3. The molecule has 0 fully saturated rings. The molecule has 0 heterocycles. The molecule has 0 bridgehead atoms. The smallest absolute Gasteiger partial charge is 0.119 e. The molecule has 1 rings (SSSR count). The Labute approximate surface area is 130 Å². The van der Waals surface area contributed by atoms with E-state index < -0.39 is 0 Å². The van der Waals surface area contributed by atoms with Gasteiger partial charge in [-0.25, -0.2) is 0 Å². The predicted octanol–water partition coefficient (Wildman–Crippen LogP) is 4.99. The Morgan fingerprint density at radius 3 is 2.29 bits per heavy atom. The molecule has 0 saturated heterocycles. The van der Waals surface area contributed by atoms with Crippen molar-refractivity contribution in [1.82, 2.24) is 0 Å². The van der Waals surface area contributed by atoms with Crippen molar-refractivity contribution in [3.8, 4) is 5.75 Å². The summed E-state index contributed by atoms with van der Waals surface area (Å²) < 4.78 is 5.74. The van der Waals surface area contributed by atoms with E-state index in [2.05, 4.69) is 39.8 Å². The van der Waals surface area contributed by atoms with Gasteiger partial charge in [0.25, 0.3) is 0 Å². The molecule has 2 nitrogen and oxygen atoms in total. The highest BCUT2D eigenvalue weighted by atomic mass is 16.5. The molecule has 2 heteroatoms. The van der Waals surface area contributed by atoms with Crippen molar-refractivity contribution in [3.63, 3.8) is 0 Å². The van der Waals surface area contributed by atoms with Gasteiger partial charge in [-0.1, -0.05) is 59.1 Å². The van der Waals surface area contributed by atoms with E-state index in [1.807, 2.05) is 12.1 Å². The van der Waals surface area contributed by atoms with Crippen LogP contribution < -0.4 is 4.74 Å². The van der Waals surface area contributed by atoms with Crippen LogP contribution in [-0.2, 0) is 6.42 Å². The van der Waals surface area contributed by atoms with Gasteiger partial charge in [-0.05, 0) is 42.4 Å². The van der Waals surface area contributed by atoms with Crippen molar-refractivity contribution in [2.45, 2.75) is 72.3 Å². The van der Waals surface area contributed by atoms with Gasteiger partial charge >= 0.3 is 0 Å². The van der Waals surface area contributed by atoms with Crippen LogP contribution >= 0.6 is 0 Å². The van der Waals surface area contributed by atoms with E-state index in [0.29, 0.717) is 0 Å². The Kier molecular flexibility index (Phi) is 7.81. The molecule has 21 heavy (non-hydrogen) atoms. The minimum Gasteiger partial charge on any atom is -0.494 e. The quantitative estimate of drug-likeness (QED) is 0.650. The van der Waals surface area contributed by atoms with Gasteiger partial charge < -0.3 is 9.84 Å². The zero-order valence-corrected chi connectivity index (χ0v) is 14.2. The van der Waals surface area contributed by atoms with Crippen LogP contribution in [0.4, 0.5) is 0 Å². The highest BCUT2D eigenvalue weighted by molar-refractivity contribution is 5.27. The molecule has 0 saturated carbocycles. The number of aryl methyl sites for hydroxylation is 1. The van der Waals surface area contributed by atoms with Crippen molar-refractivity contribution in [2.75, 3.05) is 6.61 Å². The first kappa shape index (κ1) is 18.0. The number of hydrogen-bond donors (Lipinski definition) is 1. The Hall–Kier alpha value is -1.02. The lowest BCUT2D eigenvalue weighted by atomic mass is 9.86. The van der Waals surface area contributed by atoms with Crippen LogP contribution in [0.3, 0.4) is 0 Å². The number of hydrogen-bond acceptors (Lipinski definition) is 2. The summed E-state index contributed by atoms with van der Waals surface area (Å²) in [4.78, 5) is 0. The molecule has 0 spiro atoms. The minimum absolute atomic E-state index is 0.0401. The van der Waals surface area contributed by atoms with Crippen LogP contribution in [0.1, 0.15) is 65.4 Å². The molecule has 1 aromatic carbocycles. The summed E-state index contributed by atoms with van der Waals surface area (Å²) in [5.41, 5.74) is 1.22. The standard InChI is InChI=1S/C19H32O2/c1-5-6-7-8-15-21-17-12-9-16(10-13-17)11-14-18(20)19(2,3)4/h9-10,12-13,18,20H,5-8,11,14-15H2,1-4H3. The molecule has 0 aliphatic rings.